The summed E-state index contributed by atoms with van der Waals surface area (Å²) in [6.45, 7) is 7.32. The van der Waals surface area contributed by atoms with Gasteiger partial charge < -0.3 is 0 Å². The molecule has 0 N–H and O–H groups in total. The second-order valence-corrected chi connectivity index (χ2v) is 11.2. The van der Waals surface area contributed by atoms with Gasteiger partial charge in [0.15, 0.2) is 0 Å². The van der Waals surface area contributed by atoms with Crippen LogP contribution in [0.4, 0.5) is 21.6 Å². The molecule has 1 fully saturated rings. The van der Waals surface area contributed by atoms with Crippen LogP contribution in [0.1, 0.15) is 10.0 Å². The molecule has 0 aliphatic carbocycles. The summed E-state index contributed by atoms with van der Waals surface area (Å²) >= 11 is 4.94. The first kappa shape index (κ1) is 25.1. The number of rotatable bonds is 4. The molecule has 1 aliphatic heterocycles. The maximum atomic E-state index is 12.8. The number of carbonyl (C=O) groups is 2. The maximum absolute atomic E-state index is 12.8. The molecule has 0 saturated carbocycles. The third kappa shape index (κ3) is 4.30. The fraction of sp³-hybridized carbons (Fsp3) is 0.0690. The number of fused-ring (bicyclic) bond motifs is 1. The Morgan fingerprint density at radius 2 is 1.61 bits per heavy atom. The number of hydrogen-bond acceptors (Lipinski definition) is 5. The quantitative estimate of drug-likeness (QED) is 0.107. The Balaban J connectivity index is 1.65. The van der Waals surface area contributed by atoms with E-state index < -0.39 is 11.8 Å². The molecule has 184 valence electrons. The summed E-state index contributed by atoms with van der Waals surface area (Å²) in [6, 6.07) is 25.0. The Labute approximate surface area is 231 Å². The molecule has 38 heavy (non-hydrogen) atoms. The number of nitriles is 1. The second-order valence-electron chi connectivity index (χ2n) is 8.50. The van der Waals surface area contributed by atoms with Crippen molar-refractivity contribution in [2.24, 2.45) is 0 Å². The summed E-state index contributed by atoms with van der Waals surface area (Å²) in [5, 5.41) is 11.6. The molecule has 3 aromatic carbocycles. The molecule has 2 heterocycles. The summed E-state index contributed by atoms with van der Waals surface area (Å²) in [4.78, 5) is 33.9. The normalized spacial score (nSPS) is 13.5. The molecule has 1 aliphatic rings. The Morgan fingerprint density at radius 3 is 2.24 bits per heavy atom. The summed E-state index contributed by atoms with van der Waals surface area (Å²) in [7, 11) is 3.12. The number of thiocarbonyl (C=S) groups is 1. The predicted octanol–water partition coefficient (Wildman–Crippen LogP) is 5.39. The van der Waals surface area contributed by atoms with E-state index in [1.165, 1.54) is 9.80 Å². The van der Waals surface area contributed by atoms with E-state index in [1.807, 2.05) is 60.7 Å². The van der Waals surface area contributed by atoms with Crippen molar-refractivity contribution in [3.05, 3.63) is 99.8 Å². The van der Waals surface area contributed by atoms with E-state index in [4.69, 9.17) is 18.8 Å². The van der Waals surface area contributed by atoms with E-state index >= 15 is 0 Å². The number of carbonyl (C=O) groups excluding carboxylic acids is 2. The van der Waals surface area contributed by atoms with Gasteiger partial charge in [-0.15, -0.1) is 0 Å². The van der Waals surface area contributed by atoms with Crippen LogP contribution < -0.4 is 4.90 Å². The SMILES string of the molecule is [C-]#[N+]c1ccc(N(c2ccc(C=C3C(=O)N(C)C(=S)N(C)C3=O)[se]2)c2ccc(C#N)c3ccccc23)cc1. The Kier molecular flexibility index (Phi) is 6.67. The van der Waals surface area contributed by atoms with Gasteiger partial charge in [0.25, 0.3) is 0 Å². The second kappa shape index (κ2) is 10.1. The molecule has 0 atom stereocenters. The van der Waals surface area contributed by atoms with Gasteiger partial charge in [-0.2, -0.15) is 0 Å². The van der Waals surface area contributed by atoms with Crippen molar-refractivity contribution in [2.45, 2.75) is 0 Å². The van der Waals surface area contributed by atoms with Gasteiger partial charge in [-0.05, 0) is 0 Å². The molecule has 0 spiro atoms. The first-order valence-electron chi connectivity index (χ1n) is 11.4. The molecule has 5 rings (SSSR count). The van der Waals surface area contributed by atoms with Gasteiger partial charge in [-0.3, -0.25) is 0 Å². The first-order chi connectivity index (χ1) is 18.3. The zero-order valence-corrected chi connectivity index (χ0v) is 22.9. The molecule has 9 heteroatoms. The number of benzene rings is 3. The summed E-state index contributed by atoms with van der Waals surface area (Å²) < 4.78 is 1.84. The number of nitrogens with zero attached hydrogens (tertiary/aromatic N) is 5. The Bertz CT molecular complexity index is 1720. The van der Waals surface area contributed by atoms with Crippen LogP contribution in [0, 0.1) is 17.9 Å². The van der Waals surface area contributed by atoms with Crippen molar-refractivity contribution >= 4 is 82.1 Å². The van der Waals surface area contributed by atoms with Crippen molar-refractivity contribution in [1.29, 1.82) is 5.26 Å². The van der Waals surface area contributed by atoms with E-state index in [0.29, 0.717) is 11.3 Å². The zero-order valence-electron chi connectivity index (χ0n) is 20.4. The molecule has 4 aromatic rings. The van der Waals surface area contributed by atoms with Crippen LogP contribution in [0.5, 0.6) is 0 Å². The molecule has 7 nitrogen and oxygen atoms in total. The van der Waals surface area contributed by atoms with Crippen LogP contribution in [0.25, 0.3) is 21.7 Å². The minimum absolute atomic E-state index is 0.0724. The fourth-order valence-corrected chi connectivity index (χ4v) is 6.53. The topological polar surface area (TPSA) is 72.0 Å². The molecule has 2 amide bonds. The number of hydrogen-bond donors (Lipinski definition) is 0. The first-order valence-corrected chi connectivity index (χ1v) is 13.6. The third-order valence-electron chi connectivity index (χ3n) is 6.26. The van der Waals surface area contributed by atoms with Crippen LogP contribution in [0.2, 0.25) is 0 Å². The van der Waals surface area contributed by atoms with Gasteiger partial charge in [-0.25, -0.2) is 0 Å². The molecule has 0 bridgehead atoms. The van der Waals surface area contributed by atoms with Crippen LogP contribution in [-0.4, -0.2) is 55.3 Å². The van der Waals surface area contributed by atoms with E-state index in [1.54, 1.807) is 32.3 Å². The van der Waals surface area contributed by atoms with Crippen molar-refractivity contribution in [3.63, 3.8) is 0 Å². The molecular weight excluding hydrogens is 561 g/mol. The van der Waals surface area contributed by atoms with Crippen LogP contribution in [0.15, 0.2) is 78.4 Å². The molecular formula is C29H19N5O2SSe. The van der Waals surface area contributed by atoms with E-state index in [0.717, 1.165) is 31.1 Å². The van der Waals surface area contributed by atoms with E-state index in [-0.39, 0.29) is 25.2 Å². The number of anilines is 3. The van der Waals surface area contributed by atoms with Gasteiger partial charge in [0.1, 0.15) is 0 Å². The van der Waals surface area contributed by atoms with Gasteiger partial charge >= 0.3 is 232 Å². The summed E-state index contributed by atoms with van der Waals surface area (Å²) in [6.07, 6.45) is 1.65. The predicted molar refractivity (Wildman–Crippen MR) is 153 cm³/mol. The van der Waals surface area contributed by atoms with E-state index in [2.05, 4.69) is 15.8 Å². The summed E-state index contributed by atoms with van der Waals surface area (Å²) in [5.41, 5.74) is 2.94. The average molecular weight is 581 g/mol. The Hall–Kier alpha value is -4.53. The molecule has 0 radical (unpaired) electrons. The number of likely N-dealkylation sites (N-methyl/N-ethyl adjacent to an activating group) is 2. The van der Waals surface area contributed by atoms with Crippen LogP contribution >= 0.6 is 12.2 Å². The van der Waals surface area contributed by atoms with Gasteiger partial charge in [0.2, 0.25) is 0 Å². The van der Waals surface area contributed by atoms with Gasteiger partial charge in [0, 0.05) is 0 Å². The molecule has 1 aromatic heterocycles. The summed E-state index contributed by atoms with van der Waals surface area (Å²) in [5.74, 6) is -0.846. The van der Waals surface area contributed by atoms with Crippen molar-refractivity contribution in [1.82, 2.24) is 9.80 Å². The molecule has 0 unspecified atom stereocenters. The average Bonchev–Trinajstić information content (AvgIpc) is 3.41. The van der Waals surface area contributed by atoms with Crippen molar-refractivity contribution < 1.29 is 9.59 Å². The monoisotopic (exact) mass is 581 g/mol. The van der Waals surface area contributed by atoms with Crippen molar-refractivity contribution in [3.8, 4) is 6.07 Å². The van der Waals surface area contributed by atoms with Gasteiger partial charge in [0.05, 0.1) is 0 Å². The van der Waals surface area contributed by atoms with Crippen LogP contribution in [-0.2, 0) is 9.59 Å². The van der Waals surface area contributed by atoms with Gasteiger partial charge in [-0.1, -0.05) is 0 Å². The van der Waals surface area contributed by atoms with E-state index in [9.17, 15) is 14.9 Å². The fourth-order valence-electron chi connectivity index (χ4n) is 4.29. The van der Waals surface area contributed by atoms with Crippen molar-refractivity contribution in [2.75, 3.05) is 19.0 Å². The molecule has 1 saturated heterocycles. The Morgan fingerprint density at radius 1 is 0.947 bits per heavy atom. The third-order valence-corrected chi connectivity index (χ3v) is 8.95. The standard InChI is InChI=1S/C29H19N5O2SSe/c1-31-19-9-11-20(12-10-19)34(25-14-8-18(17-30)22-6-4-5-7-23(22)25)26-15-13-21(38-26)16-24-27(35)32(2)29(37)33(3)28(24)36/h4-16H,2-3H3. The zero-order chi connectivity index (χ0) is 27.0. The minimum atomic E-state index is -0.423. The number of amides is 2. The van der Waals surface area contributed by atoms with Crippen LogP contribution in [0.3, 0.4) is 0 Å².